The maximum atomic E-state index is 9.18. The van der Waals surface area contributed by atoms with Crippen LogP contribution < -0.4 is 10.1 Å². The summed E-state index contributed by atoms with van der Waals surface area (Å²) in [5.41, 5.74) is 1.62. The van der Waals surface area contributed by atoms with Crippen LogP contribution >= 0.6 is 0 Å². The molecule has 0 aliphatic rings. The summed E-state index contributed by atoms with van der Waals surface area (Å²) in [4.78, 5) is 0. The van der Waals surface area contributed by atoms with Crippen molar-refractivity contribution in [1.82, 2.24) is 40.8 Å². The number of nitrogens with zero attached hydrogens (tertiary/aromatic N) is 8. The van der Waals surface area contributed by atoms with E-state index in [-0.39, 0.29) is 11.4 Å². The van der Waals surface area contributed by atoms with Crippen LogP contribution in [0.15, 0.2) is 24.4 Å². The summed E-state index contributed by atoms with van der Waals surface area (Å²) in [6.07, 6.45) is 1.48. The van der Waals surface area contributed by atoms with Crippen molar-refractivity contribution in [2.75, 3.05) is 12.4 Å². The van der Waals surface area contributed by atoms with E-state index in [1.165, 1.54) is 6.20 Å². The number of hydrogen-bond acceptors (Lipinski definition) is 9. The highest BCUT2D eigenvalue weighted by Crippen LogP contribution is 2.24. The van der Waals surface area contributed by atoms with Crippen LogP contribution in [0.1, 0.15) is 11.6 Å². The fourth-order valence-corrected chi connectivity index (χ4v) is 1.96. The topological polar surface area (TPSA) is 143 Å². The molecule has 2 heterocycles. The van der Waals surface area contributed by atoms with E-state index in [4.69, 9.17) is 4.74 Å². The molecule has 2 aromatic heterocycles. The summed E-state index contributed by atoms with van der Waals surface area (Å²) < 4.78 is 6.86. The van der Waals surface area contributed by atoms with E-state index in [2.05, 4.69) is 41.5 Å². The molecular formula is C13H12N10O. The van der Waals surface area contributed by atoms with E-state index in [1.54, 1.807) is 30.8 Å². The van der Waals surface area contributed by atoms with Gasteiger partial charge in [0.05, 0.1) is 12.8 Å². The molecule has 3 rings (SSSR count). The van der Waals surface area contributed by atoms with E-state index >= 15 is 0 Å². The minimum absolute atomic E-state index is 0.199. The number of methoxy groups -OCH3 is 1. The minimum Gasteiger partial charge on any atom is -0.497 e. The molecule has 24 heavy (non-hydrogen) atoms. The quantitative estimate of drug-likeness (QED) is 0.640. The van der Waals surface area contributed by atoms with Crippen molar-refractivity contribution in [3.63, 3.8) is 0 Å². The van der Waals surface area contributed by atoms with Crippen LogP contribution in [0.25, 0.3) is 11.3 Å². The zero-order valence-electron chi connectivity index (χ0n) is 12.8. The Morgan fingerprint density at radius 2 is 2.25 bits per heavy atom. The van der Waals surface area contributed by atoms with Gasteiger partial charge in [0.1, 0.15) is 17.4 Å². The Labute approximate surface area is 135 Å². The number of rotatable bonds is 5. The Hall–Kier alpha value is -3.81. The number of aromatic amines is 1. The van der Waals surface area contributed by atoms with Gasteiger partial charge in [-0.25, -0.2) is 0 Å². The number of hydrogen-bond donors (Lipinski definition) is 2. The first-order valence-corrected chi connectivity index (χ1v) is 6.76. The number of H-pyrrole nitrogens is 1. The van der Waals surface area contributed by atoms with Gasteiger partial charge in [-0.15, -0.1) is 15.3 Å². The smallest absolute Gasteiger partial charge is 0.216 e. The van der Waals surface area contributed by atoms with E-state index in [9.17, 15) is 5.26 Å². The van der Waals surface area contributed by atoms with Gasteiger partial charge >= 0.3 is 0 Å². The van der Waals surface area contributed by atoms with Crippen molar-refractivity contribution in [2.24, 2.45) is 0 Å². The van der Waals surface area contributed by atoms with E-state index in [0.29, 0.717) is 22.9 Å². The molecule has 2 N–H and O–H groups in total. The van der Waals surface area contributed by atoms with Crippen LogP contribution in [0.5, 0.6) is 5.75 Å². The molecule has 0 amide bonds. The second-order valence-electron chi connectivity index (χ2n) is 4.61. The van der Waals surface area contributed by atoms with Crippen LogP contribution in [0.2, 0.25) is 0 Å². The van der Waals surface area contributed by atoms with Gasteiger partial charge in [-0.1, -0.05) is 0 Å². The molecule has 0 unspecified atom stereocenters. The molecule has 0 spiro atoms. The second-order valence-corrected chi connectivity index (χ2v) is 4.61. The number of aryl methyl sites for hydroxylation is 1. The van der Waals surface area contributed by atoms with Crippen LogP contribution in [-0.4, -0.2) is 47.9 Å². The molecule has 0 saturated heterocycles. The van der Waals surface area contributed by atoms with Gasteiger partial charge in [-0.05, 0) is 28.6 Å². The van der Waals surface area contributed by atoms with Crippen molar-refractivity contribution in [3.05, 3.63) is 36.0 Å². The zero-order valence-corrected chi connectivity index (χ0v) is 12.8. The van der Waals surface area contributed by atoms with Gasteiger partial charge in [0.25, 0.3) is 0 Å². The number of anilines is 1. The highest BCUT2D eigenvalue weighted by molar-refractivity contribution is 5.74. The SMILES string of the molecule is COc1cc(NC=C(C#N)c2nn[nH]n2)cc(-n2nnnc2C)c1. The second kappa shape index (κ2) is 6.53. The fraction of sp³-hybridized carbons (Fsp3) is 0.154. The van der Waals surface area contributed by atoms with Crippen LogP contribution in [0, 0.1) is 18.3 Å². The first kappa shape index (κ1) is 15.1. The van der Waals surface area contributed by atoms with Crippen LogP contribution in [0.4, 0.5) is 5.69 Å². The van der Waals surface area contributed by atoms with Gasteiger partial charge in [0, 0.05) is 24.0 Å². The lowest BCUT2D eigenvalue weighted by atomic mass is 10.2. The van der Waals surface area contributed by atoms with Crippen LogP contribution in [0.3, 0.4) is 0 Å². The molecule has 1 aromatic carbocycles. The first-order valence-electron chi connectivity index (χ1n) is 6.76. The zero-order chi connectivity index (χ0) is 16.9. The van der Waals surface area contributed by atoms with E-state index in [1.807, 2.05) is 12.1 Å². The lowest BCUT2D eigenvalue weighted by Crippen LogP contribution is -2.02. The largest absolute Gasteiger partial charge is 0.497 e. The number of aromatic nitrogens is 8. The Balaban J connectivity index is 1.94. The number of benzene rings is 1. The number of nitriles is 1. The van der Waals surface area contributed by atoms with Crippen LogP contribution in [-0.2, 0) is 0 Å². The number of allylic oxidation sites excluding steroid dienone is 1. The third kappa shape index (κ3) is 3.02. The first-order chi connectivity index (χ1) is 11.7. The standard InChI is InChI=1S/C13H12N10O/c1-8-16-21-22-23(8)11-3-10(4-12(5-11)24-2)15-7-9(6-14)13-17-19-20-18-13/h3-5,7,15H,1-2H3,(H,17,18,19,20). The van der Waals surface area contributed by atoms with Crippen molar-refractivity contribution >= 4 is 11.3 Å². The Morgan fingerprint density at radius 3 is 2.88 bits per heavy atom. The summed E-state index contributed by atoms with van der Waals surface area (Å²) in [5.74, 6) is 1.44. The van der Waals surface area contributed by atoms with Gasteiger partial charge in [0.2, 0.25) is 5.82 Å². The molecule has 120 valence electrons. The van der Waals surface area contributed by atoms with Crippen molar-refractivity contribution in [3.8, 4) is 17.5 Å². The molecule has 0 saturated carbocycles. The third-order valence-corrected chi connectivity index (χ3v) is 3.09. The normalized spacial score (nSPS) is 11.1. The lowest BCUT2D eigenvalue weighted by molar-refractivity contribution is 0.414. The number of tetrazole rings is 2. The highest BCUT2D eigenvalue weighted by Gasteiger charge is 2.09. The summed E-state index contributed by atoms with van der Waals surface area (Å²) in [6, 6.07) is 7.38. The summed E-state index contributed by atoms with van der Waals surface area (Å²) >= 11 is 0. The van der Waals surface area contributed by atoms with Crippen molar-refractivity contribution < 1.29 is 4.74 Å². The highest BCUT2D eigenvalue weighted by atomic mass is 16.5. The average molecular weight is 324 g/mol. The molecule has 0 bridgehead atoms. The van der Waals surface area contributed by atoms with Gasteiger partial charge in [-0.3, -0.25) is 0 Å². The fourth-order valence-electron chi connectivity index (χ4n) is 1.96. The maximum absolute atomic E-state index is 9.18. The van der Waals surface area contributed by atoms with Gasteiger partial charge in [-0.2, -0.15) is 15.2 Å². The molecule has 11 nitrogen and oxygen atoms in total. The molecule has 0 fully saturated rings. The average Bonchev–Trinajstić information content (AvgIpc) is 3.27. The molecule has 0 aliphatic carbocycles. The summed E-state index contributed by atoms with van der Waals surface area (Å²) in [6.45, 7) is 1.79. The predicted molar refractivity (Wildman–Crippen MR) is 81.8 cm³/mol. The molecular weight excluding hydrogens is 312 g/mol. The summed E-state index contributed by atoms with van der Waals surface area (Å²) in [7, 11) is 1.56. The predicted octanol–water partition coefficient (Wildman–Crippen LogP) is 0.469. The van der Waals surface area contributed by atoms with Crippen molar-refractivity contribution in [2.45, 2.75) is 6.92 Å². The third-order valence-electron chi connectivity index (χ3n) is 3.09. The maximum Gasteiger partial charge on any atom is 0.216 e. The molecule has 0 radical (unpaired) electrons. The molecule has 0 aliphatic heterocycles. The lowest BCUT2D eigenvalue weighted by Gasteiger charge is -2.09. The van der Waals surface area contributed by atoms with Crippen molar-refractivity contribution in [1.29, 1.82) is 5.26 Å². The Kier molecular flexibility index (Phi) is 4.11. The number of ether oxygens (including phenoxy) is 1. The summed E-state index contributed by atoms with van der Waals surface area (Å²) in [5, 5.41) is 36.9. The van der Waals surface area contributed by atoms with Gasteiger partial charge < -0.3 is 10.1 Å². The molecule has 11 heteroatoms. The minimum atomic E-state index is 0.199. The molecule has 3 aromatic rings. The van der Waals surface area contributed by atoms with E-state index < -0.39 is 0 Å². The Bertz CT molecular complexity index is 905. The Morgan fingerprint density at radius 1 is 1.38 bits per heavy atom. The number of nitrogens with one attached hydrogen (secondary N) is 2. The van der Waals surface area contributed by atoms with Gasteiger partial charge in [0.15, 0.2) is 5.82 Å². The molecule has 0 atom stereocenters. The van der Waals surface area contributed by atoms with E-state index in [0.717, 1.165) is 0 Å². The monoisotopic (exact) mass is 324 g/mol.